The molecule has 0 aliphatic carbocycles. The van der Waals surface area contributed by atoms with Crippen molar-refractivity contribution < 1.29 is 14.0 Å². The first-order chi connectivity index (χ1) is 12.0. The van der Waals surface area contributed by atoms with E-state index in [0.29, 0.717) is 18.7 Å². The number of furan rings is 1. The Kier molecular flexibility index (Phi) is 4.89. The van der Waals surface area contributed by atoms with Gasteiger partial charge in [0.05, 0.1) is 31.6 Å². The monoisotopic (exact) mass is 345 g/mol. The fourth-order valence-corrected chi connectivity index (χ4v) is 3.17. The minimum absolute atomic E-state index is 0.0572. The smallest absolute Gasteiger partial charge is 0.234 e. The third-order valence-corrected chi connectivity index (χ3v) is 4.74. The third kappa shape index (κ3) is 3.58. The molecule has 8 nitrogen and oxygen atoms in total. The molecule has 1 aliphatic heterocycles. The molecule has 8 heteroatoms. The maximum Gasteiger partial charge on any atom is 0.234 e. The summed E-state index contributed by atoms with van der Waals surface area (Å²) >= 11 is 0. The molecule has 2 aromatic rings. The molecule has 0 saturated carbocycles. The Bertz CT molecular complexity index is 752. The minimum atomic E-state index is -0.139. The number of carbonyl (C=O) groups is 2. The van der Waals surface area contributed by atoms with Crippen LogP contribution in [0.3, 0.4) is 0 Å². The second-order valence-corrected chi connectivity index (χ2v) is 6.31. The Morgan fingerprint density at radius 2 is 2.24 bits per heavy atom. The first-order valence-electron chi connectivity index (χ1n) is 8.24. The highest BCUT2D eigenvalue weighted by Crippen LogP contribution is 2.33. The molecule has 0 radical (unpaired) electrons. The fraction of sp³-hybridized carbons (Fsp3) is 0.471. The van der Waals surface area contributed by atoms with Crippen molar-refractivity contribution in [3.8, 4) is 0 Å². The highest BCUT2D eigenvalue weighted by Gasteiger charge is 2.39. The van der Waals surface area contributed by atoms with Gasteiger partial charge in [0, 0.05) is 37.8 Å². The van der Waals surface area contributed by atoms with Gasteiger partial charge in [0.2, 0.25) is 11.8 Å². The molecule has 2 atom stereocenters. The third-order valence-electron chi connectivity index (χ3n) is 4.74. The molecule has 2 amide bonds. The maximum atomic E-state index is 12.2. The van der Waals surface area contributed by atoms with Crippen LogP contribution in [0.2, 0.25) is 0 Å². The van der Waals surface area contributed by atoms with Crippen LogP contribution in [0.15, 0.2) is 29.0 Å². The van der Waals surface area contributed by atoms with Crippen LogP contribution in [0.25, 0.3) is 0 Å². The minimum Gasteiger partial charge on any atom is -0.467 e. The standard InChI is InChI=1S/C17H23N5O3/c1-11-13(9-20-22(11)3)17-14(7-16(24)21(17)2)18-10-15(23)19-8-12-5-4-6-25-12/h4-6,9,14,17-18H,7-8,10H2,1-3H3,(H,19,23)/t14-,17+/m1/s1. The molecule has 0 aromatic carbocycles. The second kappa shape index (κ2) is 7.10. The van der Waals surface area contributed by atoms with Gasteiger partial charge in [-0.25, -0.2) is 0 Å². The Balaban J connectivity index is 1.61. The fourth-order valence-electron chi connectivity index (χ4n) is 3.17. The zero-order valence-corrected chi connectivity index (χ0v) is 14.7. The molecule has 3 heterocycles. The van der Waals surface area contributed by atoms with Crippen molar-refractivity contribution in [1.29, 1.82) is 0 Å². The first kappa shape index (κ1) is 17.2. The molecule has 0 spiro atoms. The van der Waals surface area contributed by atoms with E-state index in [-0.39, 0.29) is 30.4 Å². The summed E-state index contributed by atoms with van der Waals surface area (Å²) < 4.78 is 6.98. The van der Waals surface area contributed by atoms with Crippen molar-refractivity contribution in [3.05, 3.63) is 41.6 Å². The van der Waals surface area contributed by atoms with E-state index in [1.54, 1.807) is 41.2 Å². The summed E-state index contributed by atoms with van der Waals surface area (Å²) in [6, 6.07) is 3.33. The summed E-state index contributed by atoms with van der Waals surface area (Å²) in [5, 5.41) is 10.3. The molecule has 25 heavy (non-hydrogen) atoms. The molecule has 1 fully saturated rings. The average Bonchev–Trinajstić information content (AvgIpc) is 3.28. The van der Waals surface area contributed by atoms with Crippen LogP contribution < -0.4 is 10.6 Å². The predicted molar refractivity (Wildman–Crippen MR) is 90.4 cm³/mol. The number of hydrogen-bond acceptors (Lipinski definition) is 5. The van der Waals surface area contributed by atoms with E-state index in [9.17, 15) is 9.59 Å². The molecule has 2 N–H and O–H groups in total. The van der Waals surface area contributed by atoms with Crippen LogP contribution in [0.5, 0.6) is 0 Å². The molecule has 0 bridgehead atoms. The highest BCUT2D eigenvalue weighted by molar-refractivity contribution is 5.81. The van der Waals surface area contributed by atoms with E-state index in [4.69, 9.17) is 4.42 Å². The molecule has 1 aliphatic rings. The molecular formula is C17H23N5O3. The number of likely N-dealkylation sites (tertiary alicyclic amines) is 1. The topological polar surface area (TPSA) is 92.4 Å². The van der Waals surface area contributed by atoms with E-state index < -0.39 is 0 Å². The molecule has 1 saturated heterocycles. The summed E-state index contributed by atoms with van der Waals surface area (Å²) in [4.78, 5) is 25.9. The van der Waals surface area contributed by atoms with Gasteiger partial charge in [-0.2, -0.15) is 5.10 Å². The van der Waals surface area contributed by atoms with Crippen LogP contribution in [-0.4, -0.2) is 46.1 Å². The van der Waals surface area contributed by atoms with E-state index in [1.807, 2.05) is 14.0 Å². The number of likely N-dealkylation sites (N-methyl/N-ethyl adjacent to an activating group) is 1. The Labute approximate surface area is 146 Å². The largest absolute Gasteiger partial charge is 0.467 e. The van der Waals surface area contributed by atoms with Gasteiger partial charge in [-0.15, -0.1) is 0 Å². The van der Waals surface area contributed by atoms with Gasteiger partial charge in [0.1, 0.15) is 5.76 Å². The summed E-state index contributed by atoms with van der Waals surface area (Å²) in [6.45, 7) is 2.47. The zero-order chi connectivity index (χ0) is 18.0. The Morgan fingerprint density at radius 1 is 1.44 bits per heavy atom. The average molecular weight is 345 g/mol. The maximum absolute atomic E-state index is 12.2. The van der Waals surface area contributed by atoms with Crippen molar-refractivity contribution in [2.45, 2.75) is 32.0 Å². The first-order valence-corrected chi connectivity index (χ1v) is 8.24. The molecule has 2 aromatic heterocycles. The van der Waals surface area contributed by atoms with Gasteiger partial charge in [-0.05, 0) is 19.1 Å². The van der Waals surface area contributed by atoms with Crippen molar-refractivity contribution in [2.24, 2.45) is 7.05 Å². The SMILES string of the molecule is Cc1c([C@H]2[C@H](NCC(=O)NCc3ccco3)CC(=O)N2C)cnn1C. The number of aromatic nitrogens is 2. The van der Waals surface area contributed by atoms with Crippen LogP contribution >= 0.6 is 0 Å². The van der Waals surface area contributed by atoms with E-state index in [0.717, 1.165) is 11.3 Å². The summed E-state index contributed by atoms with van der Waals surface area (Å²) in [5.41, 5.74) is 2.02. The second-order valence-electron chi connectivity index (χ2n) is 6.31. The number of nitrogens with zero attached hydrogens (tertiary/aromatic N) is 3. The van der Waals surface area contributed by atoms with Crippen molar-refractivity contribution >= 4 is 11.8 Å². The molecule has 3 rings (SSSR count). The summed E-state index contributed by atoms with van der Waals surface area (Å²) in [7, 11) is 3.66. The van der Waals surface area contributed by atoms with Crippen molar-refractivity contribution in [3.63, 3.8) is 0 Å². The number of hydrogen-bond donors (Lipinski definition) is 2. The number of amides is 2. The highest BCUT2D eigenvalue weighted by atomic mass is 16.3. The summed E-state index contributed by atoms with van der Waals surface area (Å²) in [5.74, 6) is 0.620. The lowest BCUT2D eigenvalue weighted by Crippen LogP contribution is -2.41. The van der Waals surface area contributed by atoms with Gasteiger partial charge in [0.15, 0.2) is 0 Å². The van der Waals surface area contributed by atoms with Crippen molar-refractivity contribution in [1.82, 2.24) is 25.3 Å². The van der Waals surface area contributed by atoms with Gasteiger partial charge >= 0.3 is 0 Å². The summed E-state index contributed by atoms with van der Waals surface area (Å²) in [6.07, 6.45) is 3.72. The van der Waals surface area contributed by atoms with Gasteiger partial charge < -0.3 is 20.0 Å². The lowest BCUT2D eigenvalue weighted by molar-refractivity contribution is -0.127. The van der Waals surface area contributed by atoms with Crippen LogP contribution in [0.4, 0.5) is 0 Å². The molecule has 0 unspecified atom stereocenters. The zero-order valence-electron chi connectivity index (χ0n) is 14.7. The van der Waals surface area contributed by atoms with Gasteiger partial charge in [-0.1, -0.05) is 0 Å². The van der Waals surface area contributed by atoms with Crippen molar-refractivity contribution in [2.75, 3.05) is 13.6 Å². The molecule has 134 valence electrons. The lowest BCUT2D eigenvalue weighted by atomic mass is 10.0. The Hall–Kier alpha value is -2.61. The van der Waals surface area contributed by atoms with Crippen LogP contribution in [0.1, 0.15) is 29.5 Å². The number of nitrogens with one attached hydrogen (secondary N) is 2. The van der Waals surface area contributed by atoms with Gasteiger partial charge in [0.25, 0.3) is 0 Å². The number of aryl methyl sites for hydroxylation is 1. The number of carbonyl (C=O) groups excluding carboxylic acids is 2. The van der Waals surface area contributed by atoms with Gasteiger partial charge in [-0.3, -0.25) is 14.3 Å². The van der Waals surface area contributed by atoms with E-state index in [2.05, 4.69) is 15.7 Å². The molecular weight excluding hydrogens is 322 g/mol. The number of rotatable bonds is 6. The van der Waals surface area contributed by atoms with E-state index >= 15 is 0 Å². The predicted octanol–water partition coefficient (Wildman–Crippen LogP) is 0.499. The Morgan fingerprint density at radius 3 is 2.88 bits per heavy atom. The van der Waals surface area contributed by atoms with Crippen LogP contribution in [0, 0.1) is 6.92 Å². The quantitative estimate of drug-likeness (QED) is 0.795. The normalized spacial score (nSPS) is 20.3. The van der Waals surface area contributed by atoms with E-state index in [1.165, 1.54) is 0 Å². The lowest BCUT2D eigenvalue weighted by Gasteiger charge is -2.25. The van der Waals surface area contributed by atoms with Crippen LogP contribution in [-0.2, 0) is 23.2 Å².